The fourth-order valence-corrected chi connectivity index (χ4v) is 2.93. The number of nitrogens with two attached hydrogens (primary N) is 1. The first-order chi connectivity index (χ1) is 10.2. The van der Waals surface area contributed by atoms with Gasteiger partial charge in [-0.1, -0.05) is 31.2 Å². The number of benzene rings is 1. The maximum atomic E-state index is 12.1. The normalized spacial score (nSPS) is 16.9. The van der Waals surface area contributed by atoms with Crippen LogP contribution in [0.4, 0.5) is 0 Å². The largest absolute Gasteiger partial charge is 0.356 e. The molecule has 1 fully saturated rings. The highest BCUT2D eigenvalue weighted by atomic mass is 16.1. The molecule has 1 amide bonds. The quantitative estimate of drug-likeness (QED) is 0.835. The molecule has 0 radical (unpaired) electrons. The van der Waals surface area contributed by atoms with Crippen molar-refractivity contribution in [2.75, 3.05) is 26.2 Å². The Kier molecular flexibility index (Phi) is 6.21. The molecular weight excluding hydrogens is 262 g/mol. The van der Waals surface area contributed by atoms with Crippen LogP contribution in [0.15, 0.2) is 24.3 Å². The molecule has 0 aromatic heterocycles. The van der Waals surface area contributed by atoms with Crippen molar-refractivity contribution in [1.29, 1.82) is 0 Å². The Balaban J connectivity index is 1.75. The highest BCUT2D eigenvalue weighted by Gasteiger charge is 2.18. The lowest BCUT2D eigenvalue weighted by atomic mass is 9.96. The second-order valence-electron chi connectivity index (χ2n) is 5.83. The number of amides is 1. The van der Waals surface area contributed by atoms with E-state index in [9.17, 15) is 4.79 Å². The number of carbonyl (C=O) groups excluding carboxylic acids is 1. The molecule has 0 spiro atoms. The van der Waals surface area contributed by atoms with Gasteiger partial charge in [0, 0.05) is 13.1 Å². The molecule has 1 aliphatic heterocycles. The lowest BCUT2D eigenvalue weighted by Gasteiger charge is -2.31. The Bertz CT molecular complexity index is 453. The Morgan fingerprint density at radius 1 is 1.29 bits per heavy atom. The first-order valence-electron chi connectivity index (χ1n) is 7.98. The van der Waals surface area contributed by atoms with Crippen molar-refractivity contribution in [1.82, 2.24) is 10.2 Å². The molecule has 1 aromatic rings. The summed E-state index contributed by atoms with van der Waals surface area (Å²) < 4.78 is 0. The van der Waals surface area contributed by atoms with E-state index in [1.54, 1.807) is 0 Å². The van der Waals surface area contributed by atoms with Crippen LogP contribution in [0.25, 0.3) is 0 Å². The van der Waals surface area contributed by atoms with Gasteiger partial charge in [0.2, 0.25) is 5.91 Å². The van der Waals surface area contributed by atoms with Crippen molar-refractivity contribution in [2.24, 2.45) is 11.7 Å². The van der Waals surface area contributed by atoms with Crippen molar-refractivity contribution in [2.45, 2.75) is 32.7 Å². The predicted molar refractivity (Wildman–Crippen MR) is 85.9 cm³/mol. The second-order valence-corrected chi connectivity index (χ2v) is 5.83. The van der Waals surface area contributed by atoms with Crippen LogP contribution < -0.4 is 11.1 Å². The Morgan fingerprint density at radius 3 is 2.57 bits per heavy atom. The molecule has 21 heavy (non-hydrogen) atoms. The van der Waals surface area contributed by atoms with Crippen LogP contribution in [0, 0.1) is 5.92 Å². The number of piperidine rings is 1. The van der Waals surface area contributed by atoms with Gasteiger partial charge in [-0.25, -0.2) is 0 Å². The lowest BCUT2D eigenvalue weighted by Crippen LogP contribution is -2.38. The molecule has 1 aromatic carbocycles. The molecule has 1 saturated heterocycles. The summed E-state index contributed by atoms with van der Waals surface area (Å²) >= 11 is 0. The predicted octanol–water partition coefficient (Wildman–Crippen LogP) is 1.54. The number of likely N-dealkylation sites (tertiary alicyclic amines) is 1. The molecule has 1 heterocycles. The molecule has 0 bridgehead atoms. The summed E-state index contributed by atoms with van der Waals surface area (Å²) in [5.41, 5.74) is 7.81. The molecule has 116 valence electrons. The molecule has 0 aliphatic carbocycles. The van der Waals surface area contributed by atoms with E-state index in [0.717, 1.165) is 37.3 Å². The molecule has 1 aliphatic rings. The summed E-state index contributed by atoms with van der Waals surface area (Å²) in [4.78, 5) is 14.5. The summed E-state index contributed by atoms with van der Waals surface area (Å²) in [6, 6.07) is 7.90. The fourth-order valence-electron chi connectivity index (χ4n) is 2.93. The zero-order valence-corrected chi connectivity index (χ0v) is 13.0. The summed E-state index contributed by atoms with van der Waals surface area (Å²) in [7, 11) is 0. The zero-order valence-electron chi connectivity index (χ0n) is 13.0. The number of nitrogens with one attached hydrogen (secondary N) is 1. The van der Waals surface area contributed by atoms with E-state index in [2.05, 4.69) is 17.1 Å². The van der Waals surface area contributed by atoms with Crippen molar-refractivity contribution in [3.63, 3.8) is 0 Å². The Morgan fingerprint density at radius 2 is 1.95 bits per heavy atom. The number of hydrogen-bond acceptors (Lipinski definition) is 3. The SMILES string of the molecule is CCN1CCC(CNC(=O)Cc2ccccc2CN)CC1. The van der Waals surface area contributed by atoms with Gasteiger partial charge in [0.15, 0.2) is 0 Å². The van der Waals surface area contributed by atoms with E-state index < -0.39 is 0 Å². The van der Waals surface area contributed by atoms with E-state index in [1.807, 2.05) is 24.3 Å². The number of carbonyl (C=O) groups is 1. The van der Waals surface area contributed by atoms with Gasteiger partial charge < -0.3 is 16.0 Å². The minimum atomic E-state index is 0.105. The first kappa shape index (κ1) is 16.0. The van der Waals surface area contributed by atoms with Crippen molar-refractivity contribution < 1.29 is 4.79 Å². The zero-order chi connectivity index (χ0) is 15.1. The number of rotatable bonds is 6. The lowest BCUT2D eigenvalue weighted by molar-refractivity contribution is -0.120. The minimum absolute atomic E-state index is 0.105. The van der Waals surface area contributed by atoms with Crippen LogP contribution >= 0.6 is 0 Å². The molecule has 0 atom stereocenters. The summed E-state index contributed by atoms with van der Waals surface area (Å²) in [5, 5.41) is 3.09. The number of nitrogens with zero attached hydrogens (tertiary/aromatic N) is 1. The van der Waals surface area contributed by atoms with Crippen LogP contribution in [0.3, 0.4) is 0 Å². The van der Waals surface area contributed by atoms with Gasteiger partial charge in [0.25, 0.3) is 0 Å². The number of hydrogen-bond donors (Lipinski definition) is 2. The van der Waals surface area contributed by atoms with Crippen LogP contribution in [0.2, 0.25) is 0 Å². The monoisotopic (exact) mass is 289 g/mol. The molecule has 0 saturated carbocycles. The molecule has 2 rings (SSSR count). The fraction of sp³-hybridized carbons (Fsp3) is 0.588. The van der Waals surface area contributed by atoms with Crippen LogP contribution in [-0.2, 0) is 17.8 Å². The molecule has 0 unspecified atom stereocenters. The highest BCUT2D eigenvalue weighted by molar-refractivity contribution is 5.78. The first-order valence-corrected chi connectivity index (χ1v) is 7.98. The van der Waals surface area contributed by atoms with E-state index in [-0.39, 0.29) is 5.91 Å². The van der Waals surface area contributed by atoms with Crippen molar-refractivity contribution in [3.05, 3.63) is 35.4 Å². The van der Waals surface area contributed by atoms with Gasteiger partial charge in [-0.2, -0.15) is 0 Å². The minimum Gasteiger partial charge on any atom is -0.356 e. The maximum Gasteiger partial charge on any atom is 0.224 e. The second kappa shape index (κ2) is 8.15. The smallest absolute Gasteiger partial charge is 0.224 e. The Labute approximate surface area is 127 Å². The van der Waals surface area contributed by atoms with Gasteiger partial charge in [-0.05, 0) is 49.5 Å². The van der Waals surface area contributed by atoms with Gasteiger partial charge in [0.1, 0.15) is 0 Å². The Hall–Kier alpha value is -1.39. The maximum absolute atomic E-state index is 12.1. The summed E-state index contributed by atoms with van der Waals surface area (Å²) in [6.07, 6.45) is 2.81. The van der Waals surface area contributed by atoms with Crippen LogP contribution in [0.1, 0.15) is 30.9 Å². The van der Waals surface area contributed by atoms with Gasteiger partial charge >= 0.3 is 0 Å². The third kappa shape index (κ3) is 4.83. The summed E-state index contributed by atoms with van der Waals surface area (Å²) in [5.74, 6) is 0.732. The molecular formula is C17H27N3O. The van der Waals surface area contributed by atoms with Gasteiger partial charge in [-0.3, -0.25) is 4.79 Å². The standard InChI is InChI=1S/C17H27N3O/c1-2-20-9-7-14(8-10-20)13-19-17(21)11-15-5-3-4-6-16(15)12-18/h3-6,14H,2,7-13,18H2,1H3,(H,19,21). The van der Waals surface area contributed by atoms with E-state index in [0.29, 0.717) is 18.9 Å². The molecule has 4 heteroatoms. The van der Waals surface area contributed by atoms with Crippen molar-refractivity contribution in [3.8, 4) is 0 Å². The average molecular weight is 289 g/mol. The van der Waals surface area contributed by atoms with E-state index in [4.69, 9.17) is 5.73 Å². The van der Waals surface area contributed by atoms with E-state index >= 15 is 0 Å². The third-order valence-electron chi connectivity index (χ3n) is 4.43. The highest BCUT2D eigenvalue weighted by Crippen LogP contribution is 2.16. The van der Waals surface area contributed by atoms with Crippen LogP contribution in [0.5, 0.6) is 0 Å². The van der Waals surface area contributed by atoms with Gasteiger partial charge in [-0.15, -0.1) is 0 Å². The topological polar surface area (TPSA) is 58.4 Å². The summed E-state index contributed by atoms with van der Waals surface area (Å²) in [6.45, 7) is 6.95. The van der Waals surface area contributed by atoms with E-state index in [1.165, 1.54) is 12.8 Å². The van der Waals surface area contributed by atoms with Gasteiger partial charge in [0.05, 0.1) is 6.42 Å². The third-order valence-corrected chi connectivity index (χ3v) is 4.43. The average Bonchev–Trinajstić information content (AvgIpc) is 2.54. The molecule has 4 nitrogen and oxygen atoms in total. The van der Waals surface area contributed by atoms with Crippen LogP contribution in [-0.4, -0.2) is 37.0 Å². The van der Waals surface area contributed by atoms with Crippen molar-refractivity contribution >= 4 is 5.91 Å². The molecule has 3 N–H and O–H groups in total.